The van der Waals surface area contributed by atoms with E-state index in [1.807, 2.05) is 18.2 Å². The minimum absolute atomic E-state index is 0.613. The number of halogens is 2. The molecular weight excluding hydrogens is 249 g/mol. The van der Waals surface area contributed by atoms with Crippen LogP contribution in [0, 0.1) is 0 Å². The van der Waals surface area contributed by atoms with Gasteiger partial charge in [0.15, 0.2) is 0 Å². The third-order valence-electron chi connectivity index (χ3n) is 2.51. The van der Waals surface area contributed by atoms with Crippen LogP contribution in [0.15, 0.2) is 23.1 Å². The Hall–Kier alpha value is 0.110. The van der Waals surface area contributed by atoms with E-state index in [1.54, 1.807) is 11.8 Å². The summed E-state index contributed by atoms with van der Waals surface area (Å²) in [6, 6.07) is 6.26. The molecule has 1 atom stereocenters. The second kappa shape index (κ2) is 5.44. The van der Waals surface area contributed by atoms with Crippen LogP contribution < -0.4 is 5.32 Å². The maximum atomic E-state index is 6.09. The Bertz CT molecular complexity index is 317. The monoisotopic (exact) mass is 261 g/mol. The fraction of sp³-hybridized carbons (Fsp3) is 0.455. The molecule has 1 nitrogen and oxygen atoms in total. The summed E-state index contributed by atoms with van der Waals surface area (Å²) in [4.78, 5) is 1.01. The van der Waals surface area contributed by atoms with Crippen molar-refractivity contribution in [3.05, 3.63) is 28.2 Å². The summed E-state index contributed by atoms with van der Waals surface area (Å²) in [6.45, 7) is 1.14. The second-order valence-corrected chi connectivity index (χ2v) is 5.50. The van der Waals surface area contributed by atoms with Gasteiger partial charge in [0, 0.05) is 16.7 Å². The second-order valence-electron chi connectivity index (χ2n) is 3.66. The van der Waals surface area contributed by atoms with E-state index < -0.39 is 0 Å². The lowest BCUT2D eigenvalue weighted by Crippen LogP contribution is -2.23. The Balaban J connectivity index is 1.97. The zero-order valence-electron chi connectivity index (χ0n) is 8.30. The average Bonchev–Trinajstić information content (AvgIpc) is 2.70. The summed E-state index contributed by atoms with van der Waals surface area (Å²) >= 11 is 13.9. The van der Waals surface area contributed by atoms with E-state index in [-0.39, 0.29) is 0 Å². The van der Waals surface area contributed by atoms with Crippen LogP contribution in [0.2, 0.25) is 10.0 Å². The van der Waals surface area contributed by atoms with Crippen LogP contribution in [0.4, 0.5) is 0 Å². The number of rotatable bonds is 3. The molecule has 0 radical (unpaired) electrons. The molecule has 1 saturated heterocycles. The van der Waals surface area contributed by atoms with E-state index in [2.05, 4.69) is 5.32 Å². The fourth-order valence-corrected chi connectivity index (χ4v) is 3.49. The molecule has 1 aliphatic heterocycles. The minimum Gasteiger partial charge on any atom is -0.313 e. The standard InChI is InChI=1S/C11H13Cl2NS/c12-9-4-1-5-10(13)11(9)15-7-8-3-2-6-14-8/h1,4-5,8,14H,2-3,6-7H2/t8-/m0/s1. The smallest absolute Gasteiger partial charge is 0.0556 e. The molecular formula is C11H13Cl2NS. The first-order valence-electron chi connectivity index (χ1n) is 5.07. The van der Waals surface area contributed by atoms with Crippen molar-refractivity contribution in [2.45, 2.75) is 23.8 Å². The highest BCUT2D eigenvalue weighted by molar-refractivity contribution is 7.99. The topological polar surface area (TPSA) is 12.0 Å². The normalized spacial score (nSPS) is 20.8. The van der Waals surface area contributed by atoms with Gasteiger partial charge in [-0.05, 0) is 31.5 Å². The van der Waals surface area contributed by atoms with Crippen molar-refractivity contribution in [1.82, 2.24) is 5.32 Å². The Kier molecular flexibility index (Phi) is 4.21. The van der Waals surface area contributed by atoms with Crippen molar-refractivity contribution in [3.63, 3.8) is 0 Å². The fourth-order valence-electron chi connectivity index (χ4n) is 1.70. The molecule has 1 aromatic carbocycles. The summed E-state index contributed by atoms with van der Waals surface area (Å²) in [5.74, 6) is 1.05. The lowest BCUT2D eigenvalue weighted by atomic mass is 10.3. The summed E-state index contributed by atoms with van der Waals surface area (Å²) in [5, 5.41) is 4.97. The van der Waals surface area contributed by atoms with E-state index >= 15 is 0 Å². The summed E-state index contributed by atoms with van der Waals surface area (Å²) in [6.07, 6.45) is 2.54. The molecule has 1 aliphatic rings. The Labute approximate surface area is 105 Å². The molecule has 4 heteroatoms. The number of nitrogens with one attached hydrogen (secondary N) is 1. The molecule has 0 aliphatic carbocycles. The van der Waals surface area contributed by atoms with Crippen LogP contribution in [0.5, 0.6) is 0 Å². The molecule has 0 saturated carbocycles. The molecule has 1 fully saturated rings. The molecule has 82 valence electrons. The molecule has 0 bridgehead atoms. The first kappa shape index (κ1) is 11.6. The van der Waals surface area contributed by atoms with Gasteiger partial charge in [0.1, 0.15) is 0 Å². The van der Waals surface area contributed by atoms with Crippen LogP contribution in [0.1, 0.15) is 12.8 Å². The van der Waals surface area contributed by atoms with Crippen molar-refractivity contribution in [1.29, 1.82) is 0 Å². The van der Waals surface area contributed by atoms with Gasteiger partial charge >= 0.3 is 0 Å². The zero-order valence-corrected chi connectivity index (χ0v) is 10.6. The Morgan fingerprint density at radius 1 is 1.33 bits per heavy atom. The third kappa shape index (κ3) is 3.04. The number of thioether (sulfide) groups is 1. The SMILES string of the molecule is Clc1cccc(Cl)c1SC[C@@H]1CCCN1. The largest absolute Gasteiger partial charge is 0.313 e. The van der Waals surface area contributed by atoms with Crippen molar-refractivity contribution in [2.24, 2.45) is 0 Å². The molecule has 15 heavy (non-hydrogen) atoms. The van der Waals surface area contributed by atoms with Crippen molar-refractivity contribution in [2.75, 3.05) is 12.3 Å². The van der Waals surface area contributed by atoms with Crippen molar-refractivity contribution in [3.8, 4) is 0 Å². The van der Waals surface area contributed by atoms with Crippen LogP contribution in [-0.2, 0) is 0 Å². The van der Waals surface area contributed by atoms with Gasteiger partial charge in [-0.3, -0.25) is 0 Å². The van der Waals surface area contributed by atoms with Crippen molar-refractivity contribution < 1.29 is 0 Å². The Morgan fingerprint density at radius 2 is 2.07 bits per heavy atom. The maximum Gasteiger partial charge on any atom is 0.0556 e. The van der Waals surface area contributed by atoms with E-state index in [0.717, 1.165) is 27.2 Å². The van der Waals surface area contributed by atoms with Gasteiger partial charge < -0.3 is 5.32 Å². The van der Waals surface area contributed by atoms with Gasteiger partial charge in [-0.25, -0.2) is 0 Å². The highest BCUT2D eigenvalue weighted by Gasteiger charge is 2.15. The minimum atomic E-state index is 0.613. The quantitative estimate of drug-likeness (QED) is 0.831. The van der Waals surface area contributed by atoms with Crippen LogP contribution in [-0.4, -0.2) is 18.3 Å². The highest BCUT2D eigenvalue weighted by atomic mass is 35.5. The van der Waals surface area contributed by atoms with Gasteiger partial charge in [0.25, 0.3) is 0 Å². The molecule has 0 amide bonds. The van der Waals surface area contributed by atoms with E-state index in [9.17, 15) is 0 Å². The van der Waals surface area contributed by atoms with E-state index in [1.165, 1.54) is 12.8 Å². The predicted molar refractivity (Wildman–Crippen MR) is 68.2 cm³/mol. The van der Waals surface area contributed by atoms with Crippen LogP contribution in [0.25, 0.3) is 0 Å². The predicted octanol–water partition coefficient (Wildman–Crippen LogP) is 3.84. The molecule has 0 spiro atoms. The summed E-state index contributed by atoms with van der Waals surface area (Å²) in [7, 11) is 0. The maximum absolute atomic E-state index is 6.09. The molecule has 2 rings (SSSR count). The number of hydrogen-bond acceptors (Lipinski definition) is 2. The first-order valence-corrected chi connectivity index (χ1v) is 6.82. The van der Waals surface area contributed by atoms with Gasteiger partial charge in [-0.15, -0.1) is 11.8 Å². The Morgan fingerprint density at radius 3 is 2.67 bits per heavy atom. The summed E-state index contributed by atoms with van der Waals surface area (Å²) in [5.41, 5.74) is 0. The number of hydrogen-bond donors (Lipinski definition) is 1. The van der Waals surface area contributed by atoms with Crippen LogP contribution >= 0.6 is 35.0 Å². The lowest BCUT2D eigenvalue weighted by molar-refractivity contribution is 0.674. The first-order chi connectivity index (χ1) is 7.27. The van der Waals surface area contributed by atoms with E-state index in [0.29, 0.717) is 6.04 Å². The molecule has 1 aromatic rings. The molecule has 0 unspecified atom stereocenters. The molecule has 1 heterocycles. The number of benzene rings is 1. The van der Waals surface area contributed by atoms with E-state index in [4.69, 9.17) is 23.2 Å². The summed E-state index contributed by atoms with van der Waals surface area (Å²) < 4.78 is 0. The molecule has 1 N–H and O–H groups in total. The van der Waals surface area contributed by atoms with Gasteiger partial charge in [-0.2, -0.15) is 0 Å². The van der Waals surface area contributed by atoms with Crippen molar-refractivity contribution >= 4 is 35.0 Å². The zero-order chi connectivity index (χ0) is 10.7. The van der Waals surface area contributed by atoms with Gasteiger partial charge in [0.2, 0.25) is 0 Å². The molecule has 0 aromatic heterocycles. The highest BCUT2D eigenvalue weighted by Crippen LogP contribution is 2.34. The van der Waals surface area contributed by atoms with Gasteiger partial charge in [0.05, 0.1) is 10.0 Å². The van der Waals surface area contributed by atoms with Gasteiger partial charge in [-0.1, -0.05) is 29.3 Å². The average molecular weight is 262 g/mol. The van der Waals surface area contributed by atoms with Crippen LogP contribution in [0.3, 0.4) is 0 Å². The lowest BCUT2D eigenvalue weighted by Gasteiger charge is -2.11. The third-order valence-corrected chi connectivity index (χ3v) is 4.66.